The molecule has 8 heteroatoms. The molecule has 0 unspecified atom stereocenters. The molecule has 0 saturated heterocycles. The molecule has 0 saturated carbocycles. The van der Waals surface area contributed by atoms with E-state index in [1.54, 1.807) is 0 Å². The number of aromatic nitrogens is 2. The van der Waals surface area contributed by atoms with E-state index >= 15 is 0 Å². The molecule has 0 aromatic carbocycles. The van der Waals surface area contributed by atoms with E-state index < -0.39 is 30.3 Å². The first-order chi connectivity index (χ1) is 7.04. The van der Waals surface area contributed by atoms with Crippen LogP contribution < -0.4 is 34.7 Å². The van der Waals surface area contributed by atoms with Gasteiger partial charge in [0.25, 0.3) is 0 Å². The minimum atomic E-state index is -1.62. The van der Waals surface area contributed by atoms with Gasteiger partial charge in [0, 0.05) is 12.4 Å². The summed E-state index contributed by atoms with van der Waals surface area (Å²) in [5.74, 6) is -1.53. The fourth-order valence-corrected chi connectivity index (χ4v) is 1.73. The van der Waals surface area contributed by atoms with E-state index in [0.717, 1.165) is 4.57 Å². The summed E-state index contributed by atoms with van der Waals surface area (Å²) in [5.41, 5.74) is 0. The number of aliphatic carboxylic acids is 1. The van der Waals surface area contributed by atoms with E-state index in [1.807, 2.05) is 0 Å². The molecule has 0 spiro atoms. The fourth-order valence-electron chi connectivity index (χ4n) is 1.73. The second kappa shape index (κ2) is 4.82. The number of carbonyl (C=O) groups excluding carboxylic acids is 1. The Hall–Kier alpha value is -0.440. The Morgan fingerprint density at radius 3 is 2.56 bits per heavy atom. The number of aliphatic hydroxyl groups is 3. The van der Waals surface area contributed by atoms with Crippen LogP contribution in [0.15, 0.2) is 12.4 Å². The van der Waals surface area contributed by atoms with Crippen LogP contribution in [-0.2, 0) is 4.79 Å². The van der Waals surface area contributed by atoms with Crippen molar-refractivity contribution in [3.05, 3.63) is 18.2 Å². The number of hydrogen-bond acceptors (Lipinski definition) is 6. The van der Waals surface area contributed by atoms with E-state index in [2.05, 4.69) is 4.98 Å². The monoisotopic (exact) mass is 236 g/mol. The molecule has 0 bridgehead atoms. The van der Waals surface area contributed by atoms with Gasteiger partial charge >= 0.3 is 29.6 Å². The molecule has 2 rings (SSSR count). The second-order valence-electron chi connectivity index (χ2n) is 3.38. The van der Waals surface area contributed by atoms with Crippen molar-refractivity contribution in [1.29, 1.82) is 0 Å². The van der Waals surface area contributed by atoms with Crippen molar-refractivity contribution in [2.75, 3.05) is 0 Å². The largest absolute Gasteiger partial charge is 1.00 e. The number of fused-ring (bicyclic) bond motifs is 1. The third kappa shape index (κ3) is 1.90. The van der Waals surface area contributed by atoms with Crippen molar-refractivity contribution in [2.45, 2.75) is 24.4 Å². The maximum Gasteiger partial charge on any atom is 1.00 e. The molecule has 0 fully saturated rings. The topological polar surface area (TPSA) is 119 Å². The Morgan fingerprint density at radius 2 is 2.00 bits per heavy atom. The minimum absolute atomic E-state index is 0. The van der Waals surface area contributed by atoms with Crippen LogP contribution in [0.25, 0.3) is 0 Å². The summed E-state index contributed by atoms with van der Waals surface area (Å²) >= 11 is 0. The van der Waals surface area contributed by atoms with Crippen molar-refractivity contribution in [3.8, 4) is 0 Å². The maximum absolute atomic E-state index is 10.8. The first-order valence-corrected chi connectivity index (χ1v) is 4.32. The fraction of sp³-hybridized carbons (Fsp3) is 0.500. The van der Waals surface area contributed by atoms with Crippen molar-refractivity contribution >= 4 is 5.97 Å². The van der Waals surface area contributed by atoms with Crippen molar-refractivity contribution in [2.24, 2.45) is 0 Å². The van der Waals surface area contributed by atoms with Crippen molar-refractivity contribution in [3.63, 3.8) is 0 Å². The standard InChI is InChI=1S/C8H10N2O5.Na/c11-4-3(8(14)15)10-2-1-9-7(10)6(13)5(4)12;/h1-6,11-13H,(H,14,15);/q;+1/p-1/t3-,4-,5-,6+;/m0./s1. The minimum Gasteiger partial charge on any atom is -0.548 e. The number of rotatable bonds is 1. The summed E-state index contributed by atoms with van der Waals surface area (Å²) in [6.07, 6.45) is -2.02. The number of nitrogens with zero attached hydrogens (tertiary/aromatic N) is 2. The molecule has 82 valence electrons. The Morgan fingerprint density at radius 1 is 1.38 bits per heavy atom. The van der Waals surface area contributed by atoms with Gasteiger partial charge in [-0.3, -0.25) is 0 Å². The Labute approximate surface area is 113 Å². The summed E-state index contributed by atoms with van der Waals surface area (Å²) in [6.45, 7) is 0. The van der Waals surface area contributed by atoms with Crippen LogP contribution in [0.3, 0.4) is 0 Å². The molecular formula is C8H9N2NaO5. The zero-order valence-electron chi connectivity index (χ0n) is 8.52. The zero-order valence-corrected chi connectivity index (χ0v) is 10.5. The normalized spacial score (nSPS) is 32.7. The van der Waals surface area contributed by atoms with Gasteiger partial charge in [-0.1, -0.05) is 0 Å². The molecule has 3 N–H and O–H groups in total. The van der Waals surface area contributed by atoms with Gasteiger partial charge in [0.15, 0.2) is 0 Å². The van der Waals surface area contributed by atoms with Gasteiger partial charge in [-0.2, -0.15) is 0 Å². The molecule has 0 aliphatic carbocycles. The average molecular weight is 236 g/mol. The molecule has 16 heavy (non-hydrogen) atoms. The van der Waals surface area contributed by atoms with Crippen LogP contribution in [-0.4, -0.2) is 43.0 Å². The van der Waals surface area contributed by atoms with Gasteiger partial charge in [-0.25, -0.2) is 4.98 Å². The van der Waals surface area contributed by atoms with Crippen LogP contribution in [0.1, 0.15) is 18.0 Å². The molecule has 2 heterocycles. The van der Waals surface area contributed by atoms with Gasteiger partial charge in [0.05, 0.1) is 5.97 Å². The molecule has 4 atom stereocenters. The van der Waals surface area contributed by atoms with Gasteiger partial charge in [0.1, 0.15) is 30.2 Å². The Kier molecular flexibility index (Phi) is 4.11. The molecule has 7 nitrogen and oxygen atoms in total. The second-order valence-corrected chi connectivity index (χ2v) is 3.38. The predicted octanol–water partition coefficient (Wildman–Crippen LogP) is -6.05. The van der Waals surface area contributed by atoms with Gasteiger partial charge in [-0.15, -0.1) is 0 Å². The van der Waals surface area contributed by atoms with Crippen LogP contribution in [0.2, 0.25) is 0 Å². The number of carboxylic acids is 1. The number of aliphatic hydroxyl groups excluding tert-OH is 3. The molecule has 1 aromatic heterocycles. The molecule has 1 aliphatic heterocycles. The number of hydrogen-bond donors (Lipinski definition) is 3. The van der Waals surface area contributed by atoms with Crippen LogP contribution in [0, 0.1) is 0 Å². The Bertz CT molecular complexity index is 396. The zero-order chi connectivity index (χ0) is 11.2. The smallest absolute Gasteiger partial charge is 0.548 e. The van der Waals surface area contributed by atoms with E-state index in [9.17, 15) is 25.2 Å². The third-order valence-electron chi connectivity index (χ3n) is 2.50. The van der Waals surface area contributed by atoms with Crippen molar-refractivity contribution < 1.29 is 54.8 Å². The summed E-state index contributed by atoms with van der Waals surface area (Å²) < 4.78 is 1.08. The SMILES string of the molecule is O=C([O-])[C@@H]1[C@H](O)[C@H](O)[C@@H](O)c2nccn21.[Na+]. The van der Waals surface area contributed by atoms with Crippen LogP contribution in [0.4, 0.5) is 0 Å². The van der Waals surface area contributed by atoms with E-state index in [4.69, 9.17) is 0 Å². The van der Waals surface area contributed by atoms with Gasteiger partial charge < -0.3 is 29.8 Å². The number of imidazole rings is 1. The Balaban J connectivity index is 0.00000128. The average Bonchev–Trinajstić information content (AvgIpc) is 2.62. The maximum atomic E-state index is 10.8. The van der Waals surface area contributed by atoms with Crippen LogP contribution in [0.5, 0.6) is 0 Å². The quantitative estimate of drug-likeness (QED) is 0.418. The molecular weight excluding hydrogens is 227 g/mol. The first kappa shape index (κ1) is 13.6. The third-order valence-corrected chi connectivity index (χ3v) is 2.50. The summed E-state index contributed by atoms with van der Waals surface area (Å²) in [7, 11) is 0. The molecule has 0 amide bonds. The van der Waals surface area contributed by atoms with Crippen molar-refractivity contribution in [1.82, 2.24) is 9.55 Å². The summed E-state index contributed by atoms with van der Waals surface area (Å²) in [5, 5.41) is 39.1. The van der Waals surface area contributed by atoms with E-state index in [-0.39, 0.29) is 35.4 Å². The van der Waals surface area contributed by atoms with Gasteiger partial charge in [0.2, 0.25) is 0 Å². The molecule has 0 radical (unpaired) electrons. The molecule has 1 aromatic rings. The molecule has 1 aliphatic rings. The summed E-state index contributed by atoms with van der Waals surface area (Å²) in [4.78, 5) is 14.5. The predicted molar refractivity (Wildman–Crippen MR) is 43.2 cm³/mol. The first-order valence-electron chi connectivity index (χ1n) is 4.32. The van der Waals surface area contributed by atoms with E-state index in [1.165, 1.54) is 12.4 Å². The number of carbonyl (C=O) groups is 1. The van der Waals surface area contributed by atoms with Crippen LogP contribution >= 0.6 is 0 Å². The van der Waals surface area contributed by atoms with Gasteiger partial charge in [-0.05, 0) is 0 Å². The number of carboxylic acid groups (broad SMARTS) is 1. The summed E-state index contributed by atoms with van der Waals surface area (Å²) in [6, 6.07) is -1.43. The van der Waals surface area contributed by atoms with E-state index in [0.29, 0.717) is 0 Å².